The van der Waals surface area contributed by atoms with Crippen molar-refractivity contribution in [3.63, 3.8) is 0 Å². The Balaban J connectivity index is 2.83. The molecule has 0 aromatic heterocycles. The van der Waals surface area contributed by atoms with E-state index in [4.69, 9.17) is 10.9 Å². The summed E-state index contributed by atoms with van der Waals surface area (Å²) in [6.07, 6.45) is 2.39. The molecule has 5 nitrogen and oxygen atoms in total. The zero-order chi connectivity index (χ0) is 15.0. The average Bonchev–Trinajstić information content (AvgIpc) is 2.48. The molecule has 20 heavy (non-hydrogen) atoms. The van der Waals surface area contributed by atoms with Crippen LogP contribution in [0, 0.1) is 0 Å². The van der Waals surface area contributed by atoms with Crippen molar-refractivity contribution in [2.75, 3.05) is 12.9 Å². The molecule has 1 aromatic rings. The molecule has 1 rings (SSSR count). The molecule has 0 amide bonds. The SMILES string of the molecule is CSC(CO)C(C)NC(C/C(N)=N/O)c1ccccc1. The van der Waals surface area contributed by atoms with Gasteiger partial charge in [-0.1, -0.05) is 35.5 Å². The number of hydrogen-bond donors (Lipinski definition) is 4. The molecule has 0 aliphatic heterocycles. The van der Waals surface area contributed by atoms with E-state index in [1.165, 1.54) is 0 Å². The molecule has 6 heteroatoms. The molecule has 112 valence electrons. The van der Waals surface area contributed by atoms with Gasteiger partial charge in [0.2, 0.25) is 0 Å². The molecule has 0 heterocycles. The molecule has 0 aliphatic carbocycles. The van der Waals surface area contributed by atoms with Crippen molar-refractivity contribution >= 4 is 17.6 Å². The molecule has 0 aliphatic rings. The van der Waals surface area contributed by atoms with E-state index >= 15 is 0 Å². The second-order valence-corrected chi connectivity index (χ2v) is 5.75. The van der Waals surface area contributed by atoms with Gasteiger partial charge < -0.3 is 21.4 Å². The van der Waals surface area contributed by atoms with Crippen molar-refractivity contribution < 1.29 is 10.3 Å². The fourth-order valence-electron chi connectivity index (χ4n) is 2.07. The molecule has 0 saturated heterocycles. The molecular weight excluding hydrogens is 274 g/mol. The number of benzene rings is 1. The van der Waals surface area contributed by atoms with Gasteiger partial charge in [-0.25, -0.2) is 0 Å². The van der Waals surface area contributed by atoms with Gasteiger partial charge in [0, 0.05) is 23.8 Å². The summed E-state index contributed by atoms with van der Waals surface area (Å²) in [6, 6.07) is 9.92. The quantitative estimate of drug-likeness (QED) is 0.253. The number of aliphatic hydroxyl groups is 1. The number of hydrogen-bond acceptors (Lipinski definition) is 5. The van der Waals surface area contributed by atoms with Gasteiger partial charge >= 0.3 is 0 Å². The maximum atomic E-state index is 9.36. The van der Waals surface area contributed by atoms with Crippen LogP contribution in [0.2, 0.25) is 0 Å². The van der Waals surface area contributed by atoms with Crippen molar-refractivity contribution in [2.24, 2.45) is 10.9 Å². The van der Waals surface area contributed by atoms with E-state index < -0.39 is 0 Å². The number of nitrogens with zero attached hydrogens (tertiary/aromatic N) is 1. The van der Waals surface area contributed by atoms with Crippen LogP contribution in [0.3, 0.4) is 0 Å². The minimum absolute atomic E-state index is 0.0525. The van der Waals surface area contributed by atoms with E-state index in [1.807, 2.05) is 43.5 Å². The minimum Gasteiger partial charge on any atom is -0.409 e. The van der Waals surface area contributed by atoms with Crippen LogP contribution in [0.15, 0.2) is 35.5 Å². The lowest BCUT2D eigenvalue weighted by Gasteiger charge is -2.27. The van der Waals surface area contributed by atoms with Gasteiger partial charge in [0.1, 0.15) is 5.84 Å². The van der Waals surface area contributed by atoms with Crippen molar-refractivity contribution in [1.82, 2.24) is 5.32 Å². The Hall–Kier alpha value is -1.24. The zero-order valence-electron chi connectivity index (χ0n) is 11.9. The first-order chi connectivity index (χ1) is 9.62. The van der Waals surface area contributed by atoms with Crippen molar-refractivity contribution in [1.29, 1.82) is 0 Å². The maximum Gasteiger partial charge on any atom is 0.141 e. The fourth-order valence-corrected chi connectivity index (χ4v) is 2.71. The molecule has 0 fully saturated rings. The van der Waals surface area contributed by atoms with E-state index in [1.54, 1.807) is 11.8 Å². The molecule has 3 unspecified atom stereocenters. The highest BCUT2D eigenvalue weighted by atomic mass is 32.2. The van der Waals surface area contributed by atoms with Crippen LogP contribution in [-0.2, 0) is 0 Å². The molecule has 0 bridgehead atoms. The van der Waals surface area contributed by atoms with Crippen LogP contribution in [0.25, 0.3) is 0 Å². The normalized spacial score (nSPS) is 16.6. The Kier molecular flexibility index (Phi) is 7.43. The number of nitrogens with two attached hydrogens (primary N) is 1. The lowest BCUT2D eigenvalue weighted by atomic mass is 10.0. The Morgan fingerprint density at radius 2 is 2.05 bits per heavy atom. The molecule has 5 N–H and O–H groups in total. The molecular formula is C14H23N3O2S. The molecule has 3 atom stereocenters. The van der Waals surface area contributed by atoms with Gasteiger partial charge in [-0.3, -0.25) is 0 Å². The first-order valence-electron chi connectivity index (χ1n) is 6.53. The highest BCUT2D eigenvalue weighted by Gasteiger charge is 2.21. The van der Waals surface area contributed by atoms with Gasteiger partial charge in [0.25, 0.3) is 0 Å². The van der Waals surface area contributed by atoms with E-state index in [0.29, 0.717) is 6.42 Å². The van der Waals surface area contributed by atoms with Crippen molar-refractivity contribution in [2.45, 2.75) is 30.7 Å². The highest BCUT2D eigenvalue weighted by Crippen LogP contribution is 2.20. The third-order valence-electron chi connectivity index (χ3n) is 3.25. The summed E-state index contributed by atoms with van der Waals surface area (Å²) < 4.78 is 0. The van der Waals surface area contributed by atoms with Gasteiger partial charge in [-0.15, -0.1) is 0 Å². The topological polar surface area (TPSA) is 90.9 Å². The lowest BCUT2D eigenvalue weighted by molar-refractivity contribution is 0.270. The summed E-state index contributed by atoms with van der Waals surface area (Å²) in [4.78, 5) is 0. The zero-order valence-corrected chi connectivity index (χ0v) is 12.7. The Bertz CT molecular complexity index is 410. The number of thioether (sulfide) groups is 1. The van der Waals surface area contributed by atoms with Crippen LogP contribution < -0.4 is 11.1 Å². The van der Waals surface area contributed by atoms with Gasteiger partial charge in [-0.05, 0) is 18.7 Å². The maximum absolute atomic E-state index is 9.36. The van der Waals surface area contributed by atoms with Crippen LogP contribution in [0.4, 0.5) is 0 Å². The summed E-state index contributed by atoms with van der Waals surface area (Å²) in [5, 5.41) is 24.7. The highest BCUT2D eigenvalue weighted by molar-refractivity contribution is 7.99. The summed E-state index contributed by atoms with van der Waals surface area (Å²) in [5.41, 5.74) is 6.71. The monoisotopic (exact) mass is 297 g/mol. The third kappa shape index (κ3) is 5.03. The van der Waals surface area contributed by atoms with E-state index in [2.05, 4.69) is 10.5 Å². The van der Waals surface area contributed by atoms with Crippen LogP contribution in [0.1, 0.15) is 24.9 Å². The van der Waals surface area contributed by atoms with Gasteiger partial charge in [-0.2, -0.15) is 11.8 Å². The molecule has 0 radical (unpaired) electrons. The second-order valence-electron chi connectivity index (χ2n) is 4.67. The molecule has 0 spiro atoms. The molecule has 1 aromatic carbocycles. The van der Waals surface area contributed by atoms with Crippen LogP contribution >= 0.6 is 11.8 Å². The summed E-state index contributed by atoms with van der Waals surface area (Å²) in [6.45, 7) is 2.14. The predicted molar refractivity (Wildman–Crippen MR) is 84.2 cm³/mol. The number of amidine groups is 1. The predicted octanol–water partition coefficient (Wildman–Crippen LogP) is 1.57. The summed E-state index contributed by atoms with van der Waals surface area (Å²) >= 11 is 1.62. The first-order valence-corrected chi connectivity index (χ1v) is 7.82. The standard InChI is InChI=1S/C14H23N3O2S/c1-10(13(9-18)20-2)16-12(8-14(15)17-19)11-6-4-3-5-7-11/h3-7,10,12-13,16,18-19H,8-9H2,1-2H3,(H2,15,17). The number of rotatable bonds is 8. The Morgan fingerprint density at radius 1 is 1.40 bits per heavy atom. The van der Waals surface area contributed by atoms with Crippen molar-refractivity contribution in [3.05, 3.63) is 35.9 Å². The van der Waals surface area contributed by atoms with E-state index in [-0.39, 0.29) is 29.8 Å². The van der Waals surface area contributed by atoms with Crippen LogP contribution in [-0.4, -0.2) is 40.3 Å². The van der Waals surface area contributed by atoms with Gasteiger partial charge in [0.05, 0.1) is 6.61 Å². The smallest absolute Gasteiger partial charge is 0.141 e. The van der Waals surface area contributed by atoms with Gasteiger partial charge in [0.15, 0.2) is 0 Å². The average molecular weight is 297 g/mol. The third-order valence-corrected chi connectivity index (χ3v) is 4.41. The Labute approximate surface area is 124 Å². The lowest BCUT2D eigenvalue weighted by Crippen LogP contribution is -2.41. The Morgan fingerprint density at radius 3 is 2.55 bits per heavy atom. The number of nitrogens with one attached hydrogen (secondary N) is 1. The minimum atomic E-state index is -0.0525. The van der Waals surface area contributed by atoms with E-state index in [0.717, 1.165) is 5.56 Å². The number of oxime groups is 1. The number of aliphatic hydroxyl groups excluding tert-OH is 1. The largest absolute Gasteiger partial charge is 0.409 e. The fraction of sp³-hybridized carbons (Fsp3) is 0.500. The molecule has 0 saturated carbocycles. The summed E-state index contributed by atoms with van der Waals surface area (Å²) in [7, 11) is 0. The summed E-state index contributed by atoms with van der Waals surface area (Å²) in [5.74, 6) is 0.184. The van der Waals surface area contributed by atoms with Crippen molar-refractivity contribution in [3.8, 4) is 0 Å². The first kappa shape index (κ1) is 16.8. The second kappa shape index (κ2) is 8.84. The van der Waals surface area contributed by atoms with Crippen LogP contribution in [0.5, 0.6) is 0 Å². The van der Waals surface area contributed by atoms with E-state index in [9.17, 15) is 5.11 Å².